The highest BCUT2D eigenvalue weighted by Crippen LogP contribution is 2.13. The summed E-state index contributed by atoms with van der Waals surface area (Å²) in [5, 5.41) is 15.2. The highest BCUT2D eigenvalue weighted by atomic mass is 15.3. The summed E-state index contributed by atoms with van der Waals surface area (Å²) in [5.41, 5.74) is 5.23. The van der Waals surface area contributed by atoms with E-state index in [1.165, 1.54) is 22.3 Å². The number of rotatable bonds is 7. The Morgan fingerprint density at radius 3 is 2.31 bits per heavy atom. The molecule has 3 rings (SSSR count). The molecule has 1 heterocycles. The van der Waals surface area contributed by atoms with E-state index >= 15 is 0 Å². The van der Waals surface area contributed by atoms with E-state index in [2.05, 4.69) is 65.0 Å². The van der Waals surface area contributed by atoms with Gasteiger partial charge in [0.25, 0.3) is 0 Å². The van der Waals surface area contributed by atoms with E-state index < -0.39 is 0 Å². The summed E-state index contributed by atoms with van der Waals surface area (Å²) in [6.45, 7) is 8.29. The normalized spacial score (nSPS) is 11.5. The lowest BCUT2D eigenvalue weighted by molar-refractivity contribution is 0.712. The van der Waals surface area contributed by atoms with E-state index in [1.54, 1.807) is 0 Å². The van der Waals surface area contributed by atoms with E-state index in [0.717, 1.165) is 30.6 Å². The minimum Gasteiger partial charge on any atom is -0.356 e. The van der Waals surface area contributed by atoms with E-state index in [4.69, 9.17) is 4.99 Å². The number of guanidine groups is 1. The van der Waals surface area contributed by atoms with Crippen LogP contribution in [0.1, 0.15) is 33.9 Å². The zero-order chi connectivity index (χ0) is 20.6. The summed E-state index contributed by atoms with van der Waals surface area (Å²) in [4.78, 5) is 4.76. The number of aryl methyl sites for hydroxylation is 3. The van der Waals surface area contributed by atoms with Crippen LogP contribution in [-0.4, -0.2) is 27.3 Å². The third kappa shape index (κ3) is 5.67. The molecular formula is C23H30N6. The lowest BCUT2D eigenvalue weighted by Crippen LogP contribution is -2.38. The van der Waals surface area contributed by atoms with Crippen molar-refractivity contribution in [3.05, 3.63) is 82.4 Å². The van der Waals surface area contributed by atoms with Crippen molar-refractivity contribution in [3.8, 4) is 0 Å². The van der Waals surface area contributed by atoms with Crippen molar-refractivity contribution in [2.75, 3.05) is 6.54 Å². The maximum absolute atomic E-state index is 4.76. The number of nitrogens with zero attached hydrogens (tertiary/aromatic N) is 4. The first kappa shape index (κ1) is 20.6. The summed E-state index contributed by atoms with van der Waals surface area (Å²) in [5.74, 6) is 2.56. The summed E-state index contributed by atoms with van der Waals surface area (Å²) in [6, 6.07) is 16.7. The van der Waals surface area contributed by atoms with Crippen LogP contribution in [0.15, 0.2) is 53.5 Å². The number of hydrogen-bond donors (Lipinski definition) is 2. The third-order valence-corrected chi connectivity index (χ3v) is 5.17. The van der Waals surface area contributed by atoms with Gasteiger partial charge in [-0.1, -0.05) is 48.5 Å². The molecule has 2 aromatic carbocycles. The molecule has 152 valence electrons. The predicted octanol–water partition coefficient (Wildman–Crippen LogP) is 3.22. The molecule has 0 aliphatic heterocycles. The predicted molar refractivity (Wildman–Crippen MR) is 118 cm³/mol. The second-order valence-corrected chi connectivity index (χ2v) is 7.27. The molecule has 0 aliphatic carbocycles. The van der Waals surface area contributed by atoms with Crippen molar-refractivity contribution in [3.63, 3.8) is 0 Å². The Morgan fingerprint density at radius 1 is 0.931 bits per heavy atom. The van der Waals surface area contributed by atoms with Crippen LogP contribution < -0.4 is 10.6 Å². The fraction of sp³-hybridized carbons (Fsp3) is 0.348. The number of aromatic nitrogens is 3. The van der Waals surface area contributed by atoms with Crippen molar-refractivity contribution >= 4 is 5.96 Å². The smallest absolute Gasteiger partial charge is 0.191 e. The van der Waals surface area contributed by atoms with Crippen molar-refractivity contribution in [2.45, 2.75) is 40.3 Å². The second kappa shape index (κ2) is 9.87. The van der Waals surface area contributed by atoms with Gasteiger partial charge >= 0.3 is 0 Å². The highest BCUT2D eigenvalue weighted by molar-refractivity contribution is 5.79. The summed E-state index contributed by atoms with van der Waals surface area (Å²) >= 11 is 0. The fourth-order valence-corrected chi connectivity index (χ4v) is 3.25. The summed E-state index contributed by atoms with van der Waals surface area (Å²) in [6.07, 6.45) is 0.952. The Hall–Kier alpha value is -3.15. The van der Waals surface area contributed by atoms with Gasteiger partial charge in [-0.15, -0.1) is 10.2 Å². The molecular weight excluding hydrogens is 360 g/mol. The Kier molecular flexibility index (Phi) is 7.00. The lowest BCUT2D eigenvalue weighted by atomic mass is 10.0. The SMILES string of the molecule is Cc1cccc(C)c1CCNC(=NCc1ccccc1)NCc1nnc(C)n1C. The molecule has 6 nitrogen and oxygen atoms in total. The number of aliphatic imine (C=N–C) groups is 1. The maximum Gasteiger partial charge on any atom is 0.191 e. The van der Waals surface area contributed by atoms with E-state index in [0.29, 0.717) is 13.1 Å². The minimum atomic E-state index is 0.571. The van der Waals surface area contributed by atoms with Crippen molar-refractivity contribution < 1.29 is 0 Å². The first-order valence-electron chi connectivity index (χ1n) is 10.0. The molecule has 0 spiro atoms. The minimum absolute atomic E-state index is 0.571. The van der Waals surface area contributed by atoms with E-state index in [1.807, 2.05) is 36.7 Å². The van der Waals surface area contributed by atoms with Crippen LogP contribution in [0.3, 0.4) is 0 Å². The van der Waals surface area contributed by atoms with Crippen LogP contribution >= 0.6 is 0 Å². The van der Waals surface area contributed by atoms with Crippen LogP contribution in [-0.2, 0) is 26.6 Å². The molecule has 0 aliphatic rings. The molecule has 0 unspecified atom stereocenters. The lowest BCUT2D eigenvalue weighted by Gasteiger charge is -2.14. The Morgan fingerprint density at radius 2 is 1.66 bits per heavy atom. The Balaban J connectivity index is 1.65. The van der Waals surface area contributed by atoms with Crippen LogP contribution in [0.5, 0.6) is 0 Å². The average molecular weight is 391 g/mol. The standard InChI is InChI=1S/C23H30N6/c1-17-9-8-10-18(2)21(17)13-14-24-23(25-15-20-11-6-5-7-12-20)26-16-22-28-27-19(3)29(22)4/h5-12H,13-16H2,1-4H3,(H2,24,25,26). The van der Waals surface area contributed by atoms with Gasteiger partial charge in [0, 0.05) is 13.6 Å². The monoisotopic (exact) mass is 390 g/mol. The third-order valence-electron chi connectivity index (χ3n) is 5.17. The largest absolute Gasteiger partial charge is 0.356 e. The van der Waals surface area contributed by atoms with Gasteiger partial charge in [0.1, 0.15) is 5.82 Å². The van der Waals surface area contributed by atoms with Gasteiger partial charge in [-0.2, -0.15) is 0 Å². The molecule has 0 saturated carbocycles. The molecule has 3 aromatic rings. The first-order chi connectivity index (χ1) is 14.0. The van der Waals surface area contributed by atoms with Crippen molar-refractivity contribution in [1.82, 2.24) is 25.4 Å². The Bertz CT molecular complexity index is 939. The van der Waals surface area contributed by atoms with Crippen LogP contribution in [0.2, 0.25) is 0 Å². The molecule has 0 radical (unpaired) electrons. The molecule has 2 N–H and O–H groups in total. The molecule has 29 heavy (non-hydrogen) atoms. The molecule has 0 fully saturated rings. The maximum atomic E-state index is 4.76. The first-order valence-corrected chi connectivity index (χ1v) is 10.0. The van der Waals surface area contributed by atoms with E-state index in [9.17, 15) is 0 Å². The molecule has 0 bridgehead atoms. The number of benzene rings is 2. The van der Waals surface area contributed by atoms with E-state index in [-0.39, 0.29) is 0 Å². The van der Waals surface area contributed by atoms with Gasteiger partial charge in [0.2, 0.25) is 0 Å². The van der Waals surface area contributed by atoms with Gasteiger partial charge in [-0.3, -0.25) is 0 Å². The second-order valence-electron chi connectivity index (χ2n) is 7.27. The van der Waals surface area contributed by atoms with Gasteiger partial charge in [-0.05, 0) is 49.4 Å². The van der Waals surface area contributed by atoms with Gasteiger partial charge in [0.05, 0.1) is 13.1 Å². The van der Waals surface area contributed by atoms with Crippen molar-refractivity contribution in [1.29, 1.82) is 0 Å². The van der Waals surface area contributed by atoms with Gasteiger partial charge in [0.15, 0.2) is 11.8 Å². The van der Waals surface area contributed by atoms with Crippen LogP contribution in [0.4, 0.5) is 0 Å². The molecule has 0 atom stereocenters. The summed E-state index contributed by atoms with van der Waals surface area (Å²) < 4.78 is 1.98. The molecule has 0 saturated heterocycles. The Labute approximate surface area is 173 Å². The topological polar surface area (TPSA) is 67.1 Å². The summed E-state index contributed by atoms with van der Waals surface area (Å²) in [7, 11) is 1.97. The van der Waals surface area contributed by atoms with Gasteiger partial charge < -0.3 is 15.2 Å². The number of hydrogen-bond acceptors (Lipinski definition) is 3. The van der Waals surface area contributed by atoms with Crippen LogP contribution in [0, 0.1) is 20.8 Å². The van der Waals surface area contributed by atoms with Crippen molar-refractivity contribution in [2.24, 2.45) is 12.0 Å². The highest BCUT2D eigenvalue weighted by Gasteiger charge is 2.07. The number of nitrogens with one attached hydrogen (secondary N) is 2. The van der Waals surface area contributed by atoms with Gasteiger partial charge in [-0.25, -0.2) is 4.99 Å². The molecule has 6 heteroatoms. The molecule has 0 amide bonds. The van der Waals surface area contributed by atoms with Crippen LogP contribution in [0.25, 0.3) is 0 Å². The quantitative estimate of drug-likeness (QED) is 0.480. The zero-order valence-electron chi connectivity index (χ0n) is 17.7. The fourth-order valence-electron chi connectivity index (χ4n) is 3.25. The average Bonchev–Trinajstić information content (AvgIpc) is 3.04. The zero-order valence-corrected chi connectivity index (χ0v) is 17.7. The molecule has 1 aromatic heterocycles.